The SMILES string of the molecule is COCC(N)C(=O)NC(C)c1ccc(F)c(C)c1. The number of nitrogens with two attached hydrogens (primary N) is 1. The quantitative estimate of drug-likeness (QED) is 0.832. The average Bonchev–Trinajstić information content (AvgIpc) is 2.32. The minimum atomic E-state index is -0.695. The van der Waals surface area contributed by atoms with Gasteiger partial charge in [0.15, 0.2) is 0 Å². The summed E-state index contributed by atoms with van der Waals surface area (Å²) < 4.78 is 17.9. The number of nitrogens with one attached hydrogen (secondary N) is 1. The number of halogens is 1. The highest BCUT2D eigenvalue weighted by molar-refractivity contribution is 5.82. The van der Waals surface area contributed by atoms with E-state index in [9.17, 15) is 9.18 Å². The van der Waals surface area contributed by atoms with Crippen LogP contribution in [0.25, 0.3) is 0 Å². The van der Waals surface area contributed by atoms with Crippen molar-refractivity contribution in [1.82, 2.24) is 5.32 Å². The largest absolute Gasteiger partial charge is 0.383 e. The van der Waals surface area contributed by atoms with Crippen LogP contribution < -0.4 is 11.1 Å². The molecule has 0 bridgehead atoms. The second-order valence-electron chi connectivity index (χ2n) is 4.30. The fourth-order valence-electron chi connectivity index (χ4n) is 1.60. The Hall–Kier alpha value is -1.46. The number of ether oxygens (including phenoxy) is 1. The minimum Gasteiger partial charge on any atom is -0.383 e. The normalized spacial score (nSPS) is 14.1. The van der Waals surface area contributed by atoms with Crippen molar-refractivity contribution in [2.24, 2.45) is 5.73 Å². The van der Waals surface area contributed by atoms with Crippen molar-refractivity contribution in [3.63, 3.8) is 0 Å². The van der Waals surface area contributed by atoms with Crippen LogP contribution in [0.3, 0.4) is 0 Å². The first-order chi connectivity index (χ1) is 8.45. The highest BCUT2D eigenvalue weighted by Gasteiger charge is 2.16. The number of methoxy groups -OCH3 is 1. The minimum absolute atomic E-state index is 0.168. The van der Waals surface area contributed by atoms with E-state index < -0.39 is 6.04 Å². The Bertz CT molecular complexity index is 423. The van der Waals surface area contributed by atoms with Crippen molar-refractivity contribution in [2.75, 3.05) is 13.7 Å². The Kier molecular flexibility index (Phi) is 5.25. The summed E-state index contributed by atoms with van der Waals surface area (Å²) >= 11 is 0. The third-order valence-corrected chi connectivity index (χ3v) is 2.72. The van der Waals surface area contributed by atoms with Crippen molar-refractivity contribution < 1.29 is 13.9 Å². The molecule has 18 heavy (non-hydrogen) atoms. The molecule has 0 heterocycles. The molecule has 0 saturated heterocycles. The Morgan fingerprint density at radius 1 is 1.56 bits per heavy atom. The highest BCUT2D eigenvalue weighted by atomic mass is 19.1. The highest BCUT2D eigenvalue weighted by Crippen LogP contribution is 2.16. The number of carbonyl (C=O) groups is 1. The van der Waals surface area contributed by atoms with Crippen LogP contribution in [0, 0.1) is 12.7 Å². The monoisotopic (exact) mass is 254 g/mol. The van der Waals surface area contributed by atoms with E-state index in [1.54, 1.807) is 19.1 Å². The van der Waals surface area contributed by atoms with Crippen molar-refractivity contribution >= 4 is 5.91 Å². The molecule has 0 aliphatic heterocycles. The number of hydrogen-bond donors (Lipinski definition) is 2. The van der Waals surface area contributed by atoms with Gasteiger partial charge in [-0.1, -0.05) is 12.1 Å². The van der Waals surface area contributed by atoms with Crippen LogP contribution >= 0.6 is 0 Å². The van der Waals surface area contributed by atoms with Gasteiger partial charge in [0.1, 0.15) is 11.9 Å². The number of amides is 1. The van der Waals surface area contributed by atoms with Gasteiger partial charge in [-0.2, -0.15) is 0 Å². The summed E-state index contributed by atoms with van der Waals surface area (Å²) in [5, 5.41) is 2.76. The summed E-state index contributed by atoms with van der Waals surface area (Å²) in [6, 6.07) is 3.83. The molecule has 0 aromatic heterocycles. The molecule has 4 nitrogen and oxygen atoms in total. The fraction of sp³-hybridized carbons (Fsp3) is 0.462. The second-order valence-corrected chi connectivity index (χ2v) is 4.30. The number of aryl methyl sites for hydroxylation is 1. The molecule has 100 valence electrons. The van der Waals surface area contributed by atoms with E-state index >= 15 is 0 Å². The van der Waals surface area contributed by atoms with Gasteiger partial charge in [-0.15, -0.1) is 0 Å². The maximum atomic E-state index is 13.1. The fourth-order valence-corrected chi connectivity index (χ4v) is 1.60. The molecule has 2 unspecified atom stereocenters. The third-order valence-electron chi connectivity index (χ3n) is 2.72. The molecule has 1 aromatic rings. The standard InChI is InChI=1S/C13H19FN2O2/c1-8-6-10(4-5-11(8)14)9(2)16-13(17)12(15)7-18-3/h4-6,9,12H,7,15H2,1-3H3,(H,16,17). The number of carbonyl (C=O) groups excluding carboxylic acids is 1. The second kappa shape index (κ2) is 6.47. The zero-order valence-corrected chi connectivity index (χ0v) is 10.9. The van der Waals surface area contributed by atoms with Crippen molar-refractivity contribution in [1.29, 1.82) is 0 Å². The van der Waals surface area contributed by atoms with E-state index in [1.807, 2.05) is 6.92 Å². The van der Waals surface area contributed by atoms with Gasteiger partial charge in [-0.3, -0.25) is 4.79 Å². The van der Waals surface area contributed by atoms with E-state index in [-0.39, 0.29) is 24.4 Å². The van der Waals surface area contributed by atoms with Gasteiger partial charge in [-0.05, 0) is 31.0 Å². The predicted molar refractivity (Wildman–Crippen MR) is 67.5 cm³/mol. The summed E-state index contributed by atoms with van der Waals surface area (Å²) in [4.78, 5) is 11.7. The van der Waals surface area contributed by atoms with E-state index in [0.29, 0.717) is 5.56 Å². The Morgan fingerprint density at radius 3 is 2.78 bits per heavy atom. The van der Waals surface area contributed by atoms with E-state index in [4.69, 9.17) is 10.5 Å². The molecule has 3 N–H and O–H groups in total. The van der Waals surface area contributed by atoms with Crippen LogP contribution in [0.15, 0.2) is 18.2 Å². The van der Waals surface area contributed by atoms with E-state index in [1.165, 1.54) is 13.2 Å². The Labute approximate surface area is 106 Å². The van der Waals surface area contributed by atoms with Crippen LogP contribution in [0.4, 0.5) is 4.39 Å². The summed E-state index contributed by atoms with van der Waals surface area (Å²) in [5.41, 5.74) is 7.00. The van der Waals surface area contributed by atoms with Gasteiger partial charge in [0.2, 0.25) is 5.91 Å². The lowest BCUT2D eigenvalue weighted by atomic mass is 10.1. The van der Waals surface area contributed by atoms with Gasteiger partial charge in [0.05, 0.1) is 12.6 Å². The third kappa shape index (κ3) is 3.78. The van der Waals surface area contributed by atoms with Crippen molar-refractivity contribution in [3.05, 3.63) is 35.1 Å². The first kappa shape index (κ1) is 14.6. The molecule has 2 atom stereocenters. The molecule has 0 fully saturated rings. The molecule has 5 heteroatoms. The molecular weight excluding hydrogens is 235 g/mol. The summed E-state index contributed by atoms with van der Waals surface area (Å²) in [6.07, 6.45) is 0. The van der Waals surface area contributed by atoms with Crippen molar-refractivity contribution in [3.8, 4) is 0 Å². The van der Waals surface area contributed by atoms with Crippen LogP contribution in [0.2, 0.25) is 0 Å². The molecule has 0 saturated carbocycles. The molecule has 0 spiro atoms. The number of hydrogen-bond acceptors (Lipinski definition) is 3. The first-order valence-electron chi connectivity index (χ1n) is 5.76. The molecule has 0 aliphatic rings. The van der Waals surface area contributed by atoms with E-state index in [0.717, 1.165) is 5.56 Å². The summed E-state index contributed by atoms with van der Waals surface area (Å²) in [6.45, 7) is 3.68. The summed E-state index contributed by atoms with van der Waals surface area (Å²) in [7, 11) is 1.49. The predicted octanol–water partition coefficient (Wildman–Crippen LogP) is 1.29. The zero-order valence-electron chi connectivity index (χ0n) is 10.9. The van der Waals surface area contributed by atoms with Gasteiger partial charge in [0, 0.05) is 7.11 Å². The van der Waals surface area contributed by atoms with Crippen LogP contribution in [0.1, 0.15) is 24.1 Å². The van der Waals surface area contributed by atoms with Gasteiger partial charge < -0.3 is 15.8 Å². The zero-order chi connectivity index (χ0) is 13.7. The molecule has 0 radical (unpaired) electrons. The lowest BCUT2D eigenvalue weighted by molar-refractivity contribution is -0.124. The molecule has 1 rings (SSSR count). The smallest absolute Gasteiger partial charge is 0.239 e. The van der Waals surface area contributed by atoms with Crippen LogP contribution in [0.5, 0.6) is 0 Å². The van der Waals surface area contributed by atoms with Gasteiger partial charge in [-0.25, -0.2) is 4.39 Å². The Balaban J connectivity index is 2.67. The van der Waals surface area contributed by atoms with Crippen LogP contribution in [-0.4, -0.2) is 25.7 Å². The van der Waals surface area contributed by atoms with E-state index in [2.05, 4.69) is 5.32 Å². The first-order valence-corrected chi connectivity index (χ1v) is 5.76. The molecule has 1 amide bonds. The molecule has 0 aliphatic carbocycles. The van der Waals surface area contributed by atoms with Gasteiger partial charge >= 0.3 is 0 Å². The topological polar surface area (TPSA) is 64.3 Å². The van der Waals surface area contributed by atoms with Gasteiger partial charge in [0.25, 0.3) is 0 Å². The number of rotatable bonds is 5. The Morgan fingerprint density at radius 2 is 2.22 bits per heavy atom. The molecule has 1 aromatic carbocycles. The lowest BCUT2D eigenvalue weighted by Gasteiger charge is -2.18. The van der Waals surface area contributed by atoms with Crippen molar-refractivity contribution in [2.45, 2.75) is 25.9 Å². The lowest BCUT2D eigenvalue weighted by Crippen LogP contribution is -2.44. The summed E-state index contributed by atoms with van der Waals surface area (Å²) in [5.74, 6) is -0.542. The average molecular weight is 254 g/mol. The van der Waals surface area contributed by atoms with Crippen LogP contribution in [-0.2, 0) is 9.53 Å². The maximum absolute atomic E-state index is 13.1. The molecular formula is C13H19FN2O2. The number of benzene rings is 1. The maximum Gasteiger partial charge on any atom is 0.239 e.